The number of allylic oxidation sites excluding steroid dienone is 2. The van der Waals surface area contributed by atoms with Crippen LogP contribution in [0.5, 0.6) is 0 Å². The Balaban J connectivity index is 3.71. The van der Waals surface area contributed by atoms with Gasteiger partial charge in [0.25, 0.3) is 0 Å². The largest absolute Gasteiger partial charge is 0.368 e. The molecule has 0 fully saturated rings. The zero-order chi connectivity index (χ0) is 7.11. The van der Waals surface area contributed by atoms with Crippen LogP contribution in [0.15, 0.2) is 22.1 Å². The molecular weight excluding hydrogens is 114 g/mol. The van der Waals surface area contributed by atoms with Crippen molar-refractivity contribution in [1.82, 2.24) is 0 Å². The maximum atomic E-state index is 5.23. The lowest BCUT2D eigenvalue weighted by molar-refractivity contribution is 1.36. The normalized spacial score (nSPS) is 13.8. The standard InChI is InChI=1S/C6H11N3/c1-3-4-5-9-6(7)8-2/h3-5H,1-2H3,(H2,7,8)/b4-3-,9-5-. The van der Waals surface area contributed by atoms with Gasteiger partial charge in [-0.05, 0) is 13.0 Å². The van der Waals surface area contributed by atoms with E-state index < -0.39 is 0 Å². The van der Waals surface area contributed by atoms with Gasteiger partial charge >= 0.3 is 0 Å². The second-order valence-corrected chi connectivity index (χ2v) is 1.39. The molecule has 0 aromatic rings. The van der Waals surface area contributed by atoms with Crippen LogP contribution in [0.4, 0.5) is 0 Å². The minimum atomic E-state index is 0.299. The van der Waals surface area contributed by atoms with Crippen molar-refractivity contribution < 1.29 is 0 Å². The summed E-state index contributed by atoms with van der Waals surface area (Å²) in [6.45, 7) is 1.91. The van der Waals surface area contributed by atoms with Crippen LogP contribution in [0, 0.1) is 0 Å². The lowest BCUT2D eigenvalue weighted by Crippen LogP contribution is -2.06. The van der Waals surface area contributed by atoms with Crippen molar-refractivity contribution in [3.05, 3.63) is 12.2 Å². The Morgan fingerprint density at radius 3 is 2.67 bits per heavy atom. The lowest BCUT2D eigenvalue weighted by Gasteiger charge is -1.82. The Bertz CT molecular complexity index is 144. The topological polar surface area (TPSA) is 50.7 Å². The minimum Gasteiger partial charge on any atom is -0.368 e. The van der Waals surface area contributed by atoms with Gasteiger partial charge in [0.15, 0.2) is 0 Å². The summed E-state index contributed by atoms with van der Waals surface area (Å²) in [5.41, 5.74) is 5.23. The fourth-order valence-corrected chi connectivity index (χ4v) is 0.263. The SMILES string of the molecule is C\C=C/C=N\C(N)=N/C. The molecule has 0 atom stereocenters. The highest BCUT2D eigenvalue weighted by Gasteiger charge is 1.74. The molecule has 0 aromatic carbocycles. The van der Waals surface area contributed by atoms with E-state index in [1.54, 1.807) is 19.3 Å². The number of aliphatic imine (C=N–C) groups is 2. The van der Waals surface area contributed by atoms with E-state index in [9.17, 15) is 0 Å². The zero-order valence-corrected chi connectivity index (χ0v) is 5.70. The van der Waals surface area contributed by atoms with Gasteiger partial charge < -0.3 is 5.73 Å². The highest BCUT2D eigenvalue weighted by Crippen LogP contribution is 1.68. The summed E-state index contributed by atoms with van der Waals surface area (Å²) >= 11 is 0. The first-order valence-corrected chi connectivity index (χ1v) is 2.69. The van der Waals surface area contributed by atoms with Gasteiger partial charge in [-0.25, -0.2) is 4.99 Å². The van der Waals surface area contributed by atoms with E-state index in [1.165, 1.54) is 0 Å². The predicted octanol–water partition coefficient (Wildman–Crippen LogP) is 0.578. The molecule has 0 radical (unpaired) electrons. The van der Waals surface area contributed by atoms with Gasteiger partial charge in [0.05, 0.1) is 0 Å². The van der Waals surface area contributed by atoms with Crippen molar-refractivity contribution in [3.8, 4) is 0 Å². The molecule has 0 saturated heterocycles. The first kappa shape index (κ1) is 7.88. The van der Waals surface area contributed by atoms with Crippen molar-refractivity contribution in [2.75, 3.05) is 7.05 Å². The second-order valence-electron chi connectivity index (χ2n) is 1.39. The summed E-state index contributed by atoms with van der Waals surface area (Å²) in [7, 11) is 1.60. The first-order valence-electron chi connectivity index (χ1n) is 2.69. The molecule has 0 saturated carbocycles. The zero-order valence-electron chi connectivity index (χ0n) is 5.70. The minimum absolute atomic E-state index is 0.299. The molecule has 0 unspecified atom stereocenters. The van der Waals surface area contributed by atoms with Crippen LogP contribution in [0.2, 0.25) is 0 Å². The van der Waals surface area contributed by atoms with Gasteiger partial charge in [-0.1, -0.05) is 6.08 Å². The highest BCUT2D eigenvalue weighted by atomic mass is 15.0. The molecule has 0 amide bonds. The average molecular weight is 125 g/mol. The third-order valence-corrected chi connectivity index (χ3v) is 0.714. The number of hydrogen-bond acceptors (Lipinski definition) is 1. The van der Waals surface area contributed by atoms with E-state index >= 15 is 0 Å². The summed E-state index contributed by atoms with van der Waals surface area (Å²) in [6.07, 6.45) is 5.26. The van der Waals surface area contributed by atoms with E-state index in [0.29, 0.717) is 5.96 Å². The maximum absolute atomic E-state index is 5.23. The monoisotopic (exact) mass is 125 g/mol. The molecule has 0 bridgehead atoms. The van der Waals surface area contributed by atoms with E-state index in [2.05, 4.69) is 9.98 Å². The summed E-state index contributed by atoms with van der Waals surface area (Å²) in [5, 5.41) is 0. The Labute approximate surface area is 55.0 Å². The fourth-order valence-electron chi connectivity index (χ4n) is 0.263. The van der Waals surface area contributed by atoms with Gasteiger partial charge in [-0.2, -0.15) is 0 Å². The fraction of sp³-hybridized carbons (Fsp3) is 0.333. The Hall–Kier alpha value is -1.12. The van der Waals surface area contributed by atoms with Crippen molar-refractivity contribution in [3.63, 3.8) is 0 Å². The van der Waals surface area contributed by atoms with Gasteiger partial charge in [0.2, 0.25) is 5.96 Å². The molecule has 0 aliphatic rings. The van der Waals surface area contributed by atoms with Crippen molar-refractivity contribution in [1.29, 1.82) is 0 Å². The Morgan fingerprint density at radius 1 is 1.56 bits per heavy atom. The lowest BCUT2D eigenvalue weighted by atomic mass is 10.6. The molecule has 3 nitrogen and oxygen atoms in total. The van der Waals surface area contributed by atoms with Crippen LogP contribution in [0.25, 0.3) is 0 Å². The van der Waals surface area contributed by atoms with Gasteiger partial charge in [0.1, 0.15) is 0 Å². The smallest absolute Gasteiger partial charge is 0.214 e. The highest BCUT2D eigenvalue weighted by molar-refractivity contribution is 5.89. The maximum Gasteiger partial charge on any atom is 0.214 e. The molecule has 0 rings (SSSR count). The van der Waals surface area contributed by atoms with E-state index in [-0.39, 0.29) is 0 Å². The molecule has 0 spiro atoms. The second kappa shape index (κ2) is 5.03. The molecule has 3 heteroatoms. The summed E-state index contributed by atoms with van der Waals surface area (Å²) in [5.74, 6) is 0.299. The average Bonchev–Trinajstić information content (AvgIpc) is 1.89. The van der Waals surface area contributed by atoms with Crippen LogP contribution >= 0.6 is 0 Å². The van der Waals surface area contributed by atoms with Crippen LogP contribution < -0.4 is 5.73 Å². The van der Waals surface area contributed by atoms with E-state index in [4.69, 9.17) is 5.73 Å². The first-order chi connectivity index (χ1) is 4.31. The van der Waals surface area contributed by atoms with Crippen LogP contribution in [-0.4, -0.2) is 19.2 Å². The number of nitrogens with zero attached hydrogens (tertiary/aromatic N) is 2. The predicted molar refractivity (Wildman–Crippen MR) is 40.9 cm³/mol. The summed E-state index contributed by atoms with van der Waals surface area (Å²) in [6, 6.07) is 0. The van der Waals surface area contributed by atoms with Crippen molar-refractivity contribution in [2.24, 2.45) is 15.7 Å². The quantitative estimate of drug-likeness (QED) is 0.404. The molecule has 0 aliphatic carbocycles. The van der Waals surface area contributed by atoms with Gasteiger partial charge in [-0.15, -0.1) is 0 Å². The van der Waals surface area contributed by atoms with Gasteiger partial charge in [-0.3, -0.25) is 4.99 Å². The van der Waals surface area contributed by atoms with Crippen LogP contribution in [0.1, 0.15) is 6.92 Å². The van der Waals surface area contributed by atoms with Gasteiger partial charge in [0, 0.05) is 13.3 Å². The molecule has 0 aliphatic heterocycles. The molecule has 2 N–H and O–H groups in total. The molecule has 0 heterocycles. The van der Waals surface area contributed by atoms with E-state index in [0.717, 1.165) is 0 Å². The van der Waals surface area contributed by atoms with Crippen LogP contribution in [-0.2, 0) is 0 Å². The molecular formula is C6H11N3. The van der Waals surface area contributed by atoms with Crippen molar-refractivity contribution in [2.45, 2.75) is 6.92 Å². The number of hydrogen-bond donors (Lipinski definition) is 1. The van der Waals surface area contributed by atoms with E-state index in [1.807, 2.05) is 13.0 Å². The summed E-state index contributed by atoms with van der Waals surface area (Å²) < 4.78 is 0. The molecule has 9 heavy (non-hydrogen) atoms. The number of guanidine groups is 1. The third kappa shape index (κ3) is 4.74. The molecule has 0 aromatic heterocycles. The van der Waals surface area contributed by atoms with Crippen molar-refractivity contribution >= 4 is 12.2 Å². The van der Waals surface area contributed by atoms with Crippen LogP contribution in [0.3, 0.4) is 0 Å². The Kier molecular flexibility index (Phi) is 4.40. The number of rotatable bonds is 1. The summed E-state index contributed by atoms with van der Waals surface area (Å²) in [4.78, 5) is 7.37. The number of nitrogens with two attached hydrogens (primary N) is 1. The third-order valence-electron chi connectivity index (χ3n) is 0.714. The molecule has 50 valence electrons. The Morgan fingerprint density at radius 2 is 2.22 bits per heavy atom.